The number of hydrogen-bond donors (Lipinski definition) is 0. The average Bonchev–Trinajstić information content (AvgIpc) is 2.46. The minimum absolute atomic E-state index is 0.398. The highest BCUT2D eigenvalue weighted by Gasteiger charge is 2.36. The highest BCUT2D eigenvalue weighted by molar-refractivity contribution is 7.92. The Hall–Kier alpha value is -1.62. The summed E-state index contributed by atoms with van der Waals surface area (Å²) in [4.78, 5) is 2.76. The van der Waals surface area contributed by atoms with Gasteiger partial charge in [0.1, 0.15) is 16.7 Å². The molecule has 1 aliphatic carbocycles. The van der Waals surface area contributed by atoms with Crippen LogP contribution >= 0.6 is 0 Å². The zero-order chi connectivity index (χ0) is 15.7. The van der Waals surface area contributed by atoms with E-state index in [1.165, 1.54) is 6.07 Å². The first-order chi connectivity index (χ1) is 9.76. The molecule has 114 valence electrons. The lowest BCUT2D eigenvalue weighted by Crippen LogP contribution is -2.25. The van der Waals surface area contributed by atoms with Gasteiger partial charge in [-0.2, -0.15) is 18.4 Å². The van der Waals surface area contributed by atoms with Gasteiger partial charge in [0.15, 0.2) is 15.5 Å². The monoisotopic (exact) mass is 318 g/mol. The first-order valence-corrected chi connectivity index (χ1v) is 8.03. The molecule has 0 radical (unpaired) electrons. The van der Waals surface area contributed by atoms with E-state index < -0.39 is 37.5 Å². The molecule has 1 aromatic rings. The van der Waals surface area contributed by atoms with Gasteiger partial charge in [-0.15, -0.1) is 0 Å². The van der Waals surface area contributed by atoms with Gasteiger partial charge < -0.3 is 0 Å². The van der Waals surface area contributed by atoms with Crippen molar-refractivity contribution < 1.29 is 21.6 Å². The second kappa shape index (κ2) is 5.64. The molecule has 0 saturated heterocycles. The predicted molar refractivity (Wildman–Crippen MR) is 68.0 cm³/mol. The van der Waals surface area contributed by atoms with Crippen molar-refractivity contribution >= 4 is 9.84 Å². The van der Waals surface area contributed by atoms with E-state index in [4.69, 9.17) is 5.26 Å². The average molecular weight is 318 g/mol. The molecule has 1 heterocycles. The van der Waals surface area contributed by atoms with Crippen LogP contribution in [0.4, 0.5) is 13.2 Å². The summed E-state index contributed by atoms with van der Waals surface area (Å²) >= 11 is 0. The lowest BCUT2D eigenvalue weighted by Gasteiger charge is -2.22. The number of hydrogen-bond acceptors (Lipinski definition) is 4. The Labute approximate surface area is 120 Å². The summed E-state index contributed by atoms with van der Waals surface area (Å²) < 4.78 is 62.6. The molecular weight excluding hydrogens is 305 g/mol. The molecule has 0 aliphatic heterocycles. The quantitative estimate of drug-likeness (QED) is 0.840. The first kappa shape index (κ1) is 15.8. The molecule has 2 rings (SSSR count). The van der Waals surface area contributed by atoms with Crippen molar-refractivity contribution in [1.29, 1.82) is 5.26 Å². The van der Waals surface area contributed by atoms with E-state index in [0.29, 0.717) is 18.9 Å². The lowest BCUT2D eigenvalue weighted by molar-refractivity contribution is -0.141. The van der Waals surface area contributed by atoms with Crippen LogP contribution in [0.1, 0.15) is 43.5 Å². The Kier molecular flexibility index (Phi) is 4.23. The number of alkyl halides is 3. The maximum Gasteiger partial charge on any atom is 0.433 e. The third-order valence-corrected chi connectivity index (χ3v) is 5.84. The van der Waals surface area contributed by atoms with E-state index in [-0.39, 0.29) is 0 Å². The van der Waals surface area contributed by atoms with E-state index in [2.05, 4.69) is 4.98 Å². The van der Waals surface area contributed by atoms with E-state index in [9.17, 15) is 21.6 Å². The topological polar surface area (TPSA) is 70.8 Å². The summed E-state index contributed by atoms with van der Waals surface area (Å²) in [6, 6.07) is 2.92. The minimum Gasteiger partial charge on any atom is -0.231 e. The smallest absolute Gasteiger partial charge is 0.231 e. The van der Waals surface area contributed by atoms with Gasteiger partial charge in [-0.3, -0.25) is 0 Å². The van der Waals surface area contributed by atoms with Crippen LogP contribution in [0.25, 0.3) is 0 Å². The van der Waals surface area contributed by atoms with Crippen molar-refractivity contribution in [2.75, 3.05) is 0 Å². The molecule has 0 spiro atoms. The highest BCUT2D eigenvalue weighted by Crippen LogP contribution is 2.32. The standard InChI is InChI=1S/C13H13F3N2O2S/c14-13(15,16)12-7-6-11(10(8-17)18-12)21(19,20)9-4-2-1-3-5-9/h6-7,9H,1-5H2. The van der Waals surface area contributed by atoms with Crippen LogP contribution in [-0.4, -0.2) is 18.7 Å². The number of rotatable bonds is 2. The fourth-order valence-corrected chi connectivity index (χ4v) is 4.40. The van der Waals surface area contributed by atoms with Crippen LogP contribution in [0.15, 0.2) is 17.0 Å². The Morgan fingerprint density at radius 1 is 1.19 bits per heavy atom. The molecule has 1 aromatic heterocycles. The second-order valence-electron chi connectivity index (χ2n) is 4.96. The Balaban J connectivity index is 2.46. The Morgan fingerprint density at radius 3 is 2.33 bits per heavy atom. The Bertz CT molecular complexity index is 672. The summed E-state index contributed by atoms with van der Waals surface area (Å²) in [6.07, 6.45) is -1.30. The normalized spacial score (nSPS) is 17.4. The number of nitrogens with zero attached hydrogens (tertiary/aromatic N) is 2. The van der Waals surface area contributed by atoms with Crippen molar-refractivity contribution in [3.63, 3.8) is 0 Å². The molecule has 0 aromatic carbocycles. The van der Waals surface area contributed by atoms with Gasteiger partial charge in [0.2, 0.25) is 0 Å². The van der Waals surface area contributed by atoms with Crippen LogP contribution < -0.4 is 0 Å². The zero-order valence-electron chi connectivity index (χ0n) is 11.0. The summed E-state index contributed by atoms with van der Waals surface area (Å²) in [5.41, 5.74) is -1.95. The summed E-state index contributed by atoms with van der Waals surface area (Å²) in [6.45, 7) is 0. The molecule has 0 unspecified atom stereocenters. The van der Waals surface area contributed by atoms with Gasteiger partial charge in [-0.25, -0.2) is 13.4 Å². The molecule has 4 nitrogen and oxygen atoms in total. The van der Waals surface area contributed by atoms with Crippen LogP contribution in [0, 0.1) is 11.3 Å². The number of sulfone groups is 1. The second-order valence-corrected chi connectivity index (χ2v) is 7.15. The van der Waals surface area contributed by atoms with Gasteiger partial charge in [0.25, 0.3) is 0 Å². The first-order valence-electron chi connectivity index (χ1n) is 6.49. The fourth-order valence-electron chi connectivity index (χ4n) is 2.47. The summed E-state index contributed by atoms with van der Waals surface area (Å²) in [7, 11) is -3.82. The molecule has 0 bridgehead atoms. The van der Waals surface area contributed by atoms with E-state index in [0.717, 1.165) is 25.3 Å². The number of nitriles is 1. The van der Waals surface area contributed by atoms with Crippen molar-refractivity contribution in [1.82, 2.24) is 4.98 Å². The van der Waals surface area contributed by atoms with Crippen LogP contribution in [-0.2, 0) is 16.0 Å². The molecule has 21 heavy (non-hydrogen) atoms. The van der Waals surface area contributed by atoms with Gasteiger partial charge in [0.05, 0.1) is 5.25 Å². The van der Waals surface area contributed by atoms with Crippen molar-refractivity contribution in [3.05, 3.63) is 23.5 Å². The number of aromatic nitrogens is 1. The van der Waals surface area contributed by atoms with Crippen LogP contribution in [0.5, 0.6) is 0 Å². The third kappa shape index (κ3) is 3.18. The molecule has 0 amide bonds. The van der Waals surface area contributed by atoms with Crippen LogP contribution in [0.3, 0.4) is 0 Å². The number of pyridine rings is 1. The van der Waals surface area contributed by atoms with Gasteiger partial charge in [-0.05, 0) is 25.0 Å². The number of halogens is 3. The molecule has 1 fully saturated rings. The molecule has 1 saturated carbocycles. The van der Waals surface area contributed by atoms with Gasteiger partial charge in [0, 0.05) is 0 Å². The SMILES string of the molecule is N#Cc1nc(C(F)(F)F)ccc1S(=O)(=O)C1CCCCC1. The molecule has 0 atom stereocenters. The summed E-state index contributed by atoms with van der Waals surface area (Å²) in [5, 5.41) is 8.28. The van der Waals surface area contributed by atoms with Crippen molar-refractivity contribution in [3.8, 4) is 6.07 Å². The minimum atomic E-state index is -4.71. The third-order valence-electron chi connectivity index (χ3n) is 3.55. The molecule has 0 N–H and O–H groups in total. The zero-order valence-corrected chi connectivity index (χ0v) is 11.8. The van der Waals surface area contributed by atoms with E-state index >= 15 is 0 Å². The fraction of sp³-hybridized carbons (Fsp3) is 0.538. The summed E-state index contributed by atoms with van der Waals surface area (Å²) in [5.74, 6) is 0. The van der Waals surface area contributed by atoms with Gasteiger partial charge >= 0.3 is 6.18 Å². The Morgan fingerprint density at radius 2 is 1.81 bits per heavy atom. The van der Waals surface area contributed by atoms with E-state index in [1.807, 2.05) is 0 Å². The maximum absolute atomic E-state index is 12.6. The largest absolute Gasteiger partial charge is 0.433 e. The van der Waals surface area contributed by atoms with Crippen molar-refractivity contribution in [2.24, 2.45) is 0 Å². The molecule has 8 heteroatoms. The van der Waals surface area contributed by atoms with E-state index in [1.54, 1.807) is 0 Å². The lowest BCUT2D eigenvalue weighted by atomic mass is 10.0. The maximum atomic E-state index is 12.6. The van der Waals surface area contributed by atoms with Crippen molar-refractivity contribution in [2.45, 2.75) is 48.4 Å². The molecule has 1 aliphatic rings. The predicted octanol–water partition coefficient (Wildman–Crippen LogP) is 3.08. The van der Waals surface area contributed by atoms with Gasteiger partial charge in [-0.1, -0.05) is 19.3 Å². The van der Waals surface area contributed by atoms with Crippen LogP contribution in [0.2, 0.25) is 0 Å². The molecular formula is C13H13F3N2O2S. The highest BCUT2D eigenvalue weighted by atomic mass is 32.2.